The Labute approximate surface area is 160 Å². The zero-order valence-corrected chi connectivity index (χ0v) is 15.3. The summed E-state index contributed by atoms with van der Waals surface area (Å²) in [5.74, 6) is -1.40. The van der Waals surface area contributed by atoms with Crippen molar-refractivity contribution in [1.82, 2.24) is 0 Å². The van der Waals surface area contributed by atoms with E-state index in [9.17, 15) is 14.7 Å². The van der Waals surface area contributed by atoms with Gasteiger partial charge in [0.1, 0.15) is 5.75 Å². The largest absolute Gasteiger partial charge is 0.502 e. The number of carbonyl (C=O) groups is 2. The van der Waals surface area contributed by atoms with Crippen molar-refractivity contribution >= 4 is 46.3 Å². The fourth-order valence-corrected chi connectivity index (χ4v) is 2.87. The van der Waals surface area contributed by atoms with E-state index in [-0.39, 0.29) is 16.3 Å². The lowest BCUT2D eigenvalue weighted by molar-refractivity contribution is -0.121. The second-order valence-corrected chi connectivity index (χ2v) is 6.45. The maximum Gasteiger partial charge on any atom is 0.301 e. The number of imide groups is 1. The van der Waals surface area contributed by atoms with Crippen LogP contribution in [0.25, 0.3) is 5.57 Å². The Hall–Kier alpha value is -2.50. The lowest BCUT2D eigenvalue weighted by Gasteiger charge is -2.15. The third-order valence-electron chi connectivity index (χ3n) is 3.84. The molecule has 0 bridgehead atoms. The molecule has 3 rings (SSSR count). The third-order valence-corrected chi connectivity index (χ3v) is 4.58. The minimum Gasteiger partial charge on any atom is -0.502 e. The van der Waals surface area contributed by atoms with Crippen molar-refractivity contribution in [3.8, 4) is 5.75 Å². The van der Waals surface area contributed by atoms with Crippen LogP contribution in [0.1, 0.15) is 18.9 Å². The van der Waals surface area contributed by atoms with Crippen LogP contribution >= 0.6 is 23.2 Å². The average Bonchev–Trinajstić information content (AvgIpc) is 2.85. The molecule has 0 fully saturated rings. The summed E-state index contributed by atoms with van der Waals surface area (Å²) in [6.07, 6.45) is 0.874. The zero-order chi connectivity index (χ0) is 18.8. The van der Waals surface area contributed by atoms with Crippen molar-refractivity contribution in [1.29, 1.82) is 0 Å². The summed E-state index contributed by atoms with van der Waals surface area (Å²) in [5, 5.41) is 10.7. The number of carbonyl (C=O) groups excluding carboxylic acids is 2. The SMILES string of the molecule is CCCOc1ccc(C2=C(O)C(=O)N(c3ccc(Cl)c(Cl)c3)C2=O)cc1. The second kappa shape index (κ2) is 7.40. The summed E-state index contributed by atoms with van der Waals surface area (Å²) in [6, 6.07) is 11.0. The molecular weight excluding hydrogens is 377 g/mol. The molecule has 5 nitrogen and oxygen atoms in total. The Morgan fingerprint density at radius 2 is 1.69 bits per heavy atom. The molecule has 2 amide bonds. The minimum atomic E-state index is -0.810. The normalized spacial score (nSPS) is 14.3. The molecule has 0 unspecified atom stereocenters. The van der Waals surface area contributed by atoms with Gasteiger partial charge >= 0.3 is 5.91 Å². The molecule has 0 aromatic heterocycles. The number of hydrogen-bond acceptors (Lipinski definition) is 4. The van der Waals surface area contributed by atoms with Crippen LogP contribution in [-0.2, 0) is 9.59 Å². The second-order valence-electron chi connectivity index (χ2n) is 5.64. The van der Waals surface area contributed by atoms with Gasteiger partial charge in [0.05, 0.1) is 27.9 Å². The predicted molar refractivity (Wildman–Crippen MR) is 101 cm³/mol. The molecule has 1 heterocycles. The number of rotatable bonds is 5. The fraction of sp³-hybridized carbons (Fsp3) is 0.158. The summed E-state index contributed by atoms with van der Waals surface area (Å²) >= 11 is 11.8. The number of aliphatic hydroxyl groups excluding tert-OH is 1. The van der Waals surface area contributed by atoms with Crippen molar-refractivity contribution in [3.05, 3.63) is 63.8 Å². The number of aliphatic hydroxyl groups is 1. The van der Waals surface area contributed by atoms with E-state index >= 15 is 0 Å². The monoisotopic (exact) mass is 391 g/mol. The van der Waals surface area contributed by atoms with E-state index in [4.69, 9.17) is 27.9 Å². The Morgan fingerprint density at radius 3 is 2.31 bits per heavy atom. The smallest absolute Gasteiger partial charge is 0.301 e. The van der Waals surface area contributed by atoms with E-state index in [2.05, 4.69) is 0 Å². The van der Waals surface area contributed by atoms with Gasteiger partial charge in [-0.15, -0.1) is 0 Å². The molecule has 0 spiro atoms. The van der Waals surface area contributed by atoms with Gasteiger partial charge in [-0.25, -0.2) is 4.90 Å². The summed E-state index contributed by atoms with van der Waals surface area (Å²) in [5.41, 5.74) is 0.592. The maximum atomic E-state index is 12.8. The molecule has 7 heteroatoms. The highest BCUT2D eigenvalue weighted by atomic mass is 35.5. The van der Waals surface area contributed by atoms with Crippen molar-refractivity contribution < 1.29 is 19.4 Å². The highest BCUT2D eigenvalue weighted by Crippen LogP contribution is 2.35. The van der Waals surface area contributed by atoms with Crippen LogP contribution in [-0.4, -0.2) is 23.5 Å². The van der Waals surface area contributed by atoms with Crippen molar-refractivity contribution in [2.45, 2.75) is 13.3 Å². The Kier molecular flexibility index (Phi) is 5.20. The van der Waals surface area contributed by atoms with Gasteiger partial charge in [0.2, 0.25) is 0 Å². The van der Waals surface area contributed by atoms with E-state index in [0.717, 1.165) is 11.3 Å². The highest BCUT2D eigenvalue weighted by Gasteiger charge is 2.40. The maximum absolute atomic E-state index is 12.8. The van der Waals surface area contributed by atoms with Crippen LogP contribution in [0, 0.1) is 0 Å². The van der Waals surface area contributed by atoms with E-state index in [0.29, 0.717) is 22.9 Å². The Bertz CT molecular complexity index is 906. The summed E-state index contributed by atoms with van der Waals surface area (Å²) in [6.45, 7) is 2.58. The minimum absolute atomic E-state index is 0.0666. The Morgan fingerprint density at radius 1 is 1.00 bits per heavy atom. The molecule has 0 atom stereocenters. The molecule has 1 N–H and O–H groups in total. The van der Waals surface area contributed by atoms with Gasteiger partial charge in [0, 0.05) is 0 Å². The lowest BCUT2D eigenvalue weighted by Crippen LogP contribution is -2.31. The van der Waals surface area contributed by atoms with Gasteiger partial charge in [0.25, 0.3) is 5.91 Å². The molecule has 0 radical (unpaired) electrons. The number of hydrogen-bond donors (Lipinski definition) is 1. The Balaban J connectivity index is 1.92. The average molecular weight is 392 g/mol. The van der Waals surface area contributed by atoms with Gasteiger partial charge in [-0.3, -0.25) is 9.59 Å². The molecule has 26 heavy (non-hydrogen) atoms. The molecule has 2 aromatic carbocycles. The first kappa shape index (κ1) is 18.3. The molecule has 0 aliphatic carbocycles. The number of ether oxygens (including phenoxy) is 1. The number of anilines is 1. The number of nitrogens with zero attached hydrogens (tertiary/aromatic N) is 1. The quantitative estimate of drug-likeness (QED) is 0.754. The van der Waals surface area contributed by atoms with Gasteiger partial charge in [-0.1, -0.05) is 42.3 Å². The van der Waals surface area contributed by atoms with E-state index < -0.39 is 17.6 Å². The van der Waals surface area contributed by atoms with Gasteiger partial charge in [0.15, 0.2) is 5.76 Å². The molecule has 2 aromatic rings. The summed E-state index contributed by atoms with van der Waals surface area (Å²) in [7, 11) is 0. The fourth-order valence-electron chi connectivity index (χ4n) is 2.57. The van der Waals surface area contributed by atoms with E-state index in [1.54, 1.807) is 24.3 Å². The van der Waals surface area contributed by atoms with Crippen LogP contribution in [0.15, 0.2) is 48.2 Å². The van der Waals surface area contributed by atoms with Crippen LogP contribution in [0.5, 0.6) is 5.75 Å². The van der Waals surface area contributed by atoms with Crippen molar-refractivity contribution in [3.63, 3.8) is 0 Å². The van der Waals surface area contributed by atoms with E-state index in [1.165, 1.54) is 18.2 Å². The van der Waals surface area contributed by atoms with Gasteiger partial charge in [-0.2, -0.15) is 0 Å². The topological polar surface area (TPSA) is 66.8 Å². The summed E-state index contributed by atoms with van der Waals surface area (Å²) < 4.78 is 5.49. The zero-order valence-electron chi connectivity index (χ0n) is 13.8. The predicted octanol–water partition coefficient (Wildman–Crippen LogP) is 4.62. The molecule has 1 aliphatic heterocycles. The number of halogens is 2. The van der Waals surface area contributed by atoms with Crippen LogP contribution in [0.2, 0.25) is 10.0 Å². The first-order chi connectivity index (χ1) is 12.4. The first-order valence-corrected chi connectivity index (χ1v) is 8.70. The van der Waals surface area contributed by atoms with Crippen molar-refractivity contribution in [2.24, 2.45) is 0 Å². The lowest BCUT2D eigenvalue weighted by atomic mass is 10.1. The molecule has 134 valence electrons. The molecule has 0 saturated carbocycles. The van der Waals surface area contributed by atoms with Gasteiger partial charge < -0.3 is 9.84 Å². The van der Waals surface area contributed by atoms with Crippen molar-refractivity contribution in [2.75, 3.05) is 11.5 Å². The van der Waals surface area contributed by atoms with Crippen LogP contribution in [0.3, 0.4) is 0 Å². The molecular formula is C19H15Cl2NO4. The van der Waals surface area contributed by atoms with E-state index in [1.807, 2.05) is 6.92 Å². The standard InChI is InChI=1S/C19H15Cl2NO4/c1-2-9-26-13-6-3-11(4-7-13)16-17(23)19(25)22(18(16)24)12-5-8-14(20)15(21)10-12/h3-8,10,23H,2,9H2,1H3. The molecule has 1 aliphatic rings. The van der Waals surface area contributed by atoms with Gasteiger partial charge in [-0.05, 0) is 42.3 Å². The highest BCUT2D eigenvalue weighted by molar-refractivity contribution is 6.46. The molecule has 0 saturated heterocycles. The van der Waals surface area contributed by atoms with Crippen LogP contribution < -0.4 is 9.64 Å². The first-order valence-electron chi connectivity index (χ1n) is 7.94. The number of benzene rings is 2. The van der Waals surface area contributed by atoms with Crippen LogP contribution in [0.4, 0.5) is 5.69 Å². The number of amides is 2. The summed E-state index contributed by atoms with van der Waals surface area (Å²) in [4.78, 5) is 26.0. The third kappa shape index (κ3) is 3.28.